The lowest BCUT2D eigenvalue weighted by atomic mass is 10.3. The predicted octanol–water partition coefficient (Wildman–Crippen LogP) is 5.06. The molecular weight excluding hydrogens is 265 g/mol. The average Bonchev–Trinajstić information content (AvgIpc) is 2.08. The Kier molecular flexibility index (Phi) is 4.53. The van der Waals surface area contributed by atoms with Gasteiger partial charge in [-0.05, 0) is 18.2 Å². The molecule has 0 unspecified atom stereocenters. The maximum absolute atomic E-state index is 11.6. The number of benzene rings is 1. The van der Waals surface area contributed by atoms with Gasteiger partial charge in [0.05, 0.1) is 10.0 Å². The highest BCUT2D eigenvalue weighted by atomic mass is 35.5. The molecule has 1 amide bonds. The summed E-state index contributed by atoms with van der Waals surface area (Å²) in [6.45, 7) is 5.93. The van der Waals surface area contributed by atoms with Crippen molar-refractivity contribution in [1.29, 1.82) is 0 Å². The molecule has 0 fully saturated rings. The molecule has 0 spiro atoms. The van der Waals surface area contributed by atoms with Crippen molar-refractivity contribution in [3.63, 3.8) is 0 Å². The first kappa shape index (κ1) is 13.7. The summed E-state index contributed by atoms with van der Waals surface area (Å²) in [6, 6.07) is 5.00. The van der Waals surface area contributed by atoms with E-state index in [1.165, 1.54) is 11.8 Å². The van der Waals surface area contributed by atoms with E-state index in [2.05, 4.69) is 5.32 Å². The highest BCUT2D eigenvalue weighted by molar-refractivity contribution is 8.15. The molecule has 0 atom stereocenters. The van der Waals surface area contributed by atoms with E-state index < -0.39 is 0 Å². The van der Waals surface area contributed by atoms with Gasteiger partial charge in [0.1, 0.15) is 0 Å². The predicted molar refractivity (Wildman–Crippen MR) is 72.8 cm³/mol. The third kappa shape index (κ3) is 4.64. The first-order valence-electron chi connectivity index (χ1n) is 4.73. The van der Waals surface area contributed by atoms with Crippen molar-refractivity contribution >= 4 is 45.9 Å². The topological polar surface area (TPSA) is 29.1 Å². The number of carbonyl (C=O) groups is 1. The van der Waals surface area contributed by atoms with Crippen LogP contribution in [0.1, 0.15) is 20.8 Å². The third-order valence-corrected chi connectivity index (χ3v) is 3.20. The number of halogens is 2. The van der Waals surface area contributed by atoms with Crippen LogP contribution in [-0.4, -0.2) is 9.99 Å². The molecule has 0 heterocycles. The molecule has 1 aromatic rings. The van der Waals surface area contributed by atoms with Crippen molar-refractivity contribution in [3.8, 4) is 0 Å². The molecule has 1 N–H and O–H groups in total. The van der Waals surface area contributed by atoms with Crippen LogP contribution in [0.5, 0.6) is 0 Å². The van der Waals surface area contributed by atoms with E-state index in [1.54, 1.807) is 18.2 Å². The lowest BCUT2D eigenvalue weighted by molar-refractivity contribution is 0.269. The molecule has 0 saturated heterocycles. The van der Waals surface area contributed by atoms with Crippen LogP contribution in [0.2, 0.25) is 10.0 Å². The first-order valence-corrected chi connectivity index (χ1v) is 6.30. The normalized spacial score (nSPS) is 11.3. The Morgan fingerprint density at radius 2 is 1.88 bits per heavy atom. The largest absolute Gasteiger partial charge is 0.317 e. The summed E-state index contributed by atoms with van der Waals surface area (Å²) in [5.41, 5.74) is 0.649. The SMILES string of the molecule is CC(C)(C)SC(=O)Nc1ccc(Cl)c(Cl)c1. The Bertz CT molecular complexity index is 401. The fourth-order valence-corrected chi connectivity index (χ4v) is 2.02. The van der Waals surface area contributed by atoms with Gasteiger partial charge in [-0.3, -0.25) is 4.79 Å². The monoisotopic (exact) mass is 277 g/mol. The summed E-state index contributed by atoms with van der Waals surface area (Å²) in [4.78, 5) is 11.6. The van der Waals surface area contributed by atoms with E-state index in [0.29, 0.717) is 15.7 Å². The molecule has 5 heteroatoms. The number of carbonyl (C=O) groups excluding carboxylic acids is 1. The van der Waals surface area contributed by atoms with Crippen LogP contribution in [0.25, 0.3) is 0 Å². The van der Waals surface area contributed by atoms with Crippen molar-refractivity contribution in [2.45, 2.75) is 25.5 Å². The molecule has 16 heavy (non-hydrogen) atoms. The maximum Gasteiger partial charge on any atom is 0.283 e. The van der Waals surface area contributed by atoms with Gasteiger partial charge in [-0.1, -0.05) is 55.7 Å². The summed E-state index contributed by atoms with van der Waals surface area (Å²) < 4.78 is -0.111. The highest BCUT2D eigenvalue weighted by Gasteiger charge is 2.16. The van der Waals surface area contributed by atoms with Gasteiger partial charge in [0.15, 0.2) is 0 Å². The van der Waals surface area contributed by atoms with Gasteiger partial charge >= 0.3 is 0 Å². The number of hydrogen-bond acceptors (Lipinski definition) is 2. The lowest BCUT2D eigenvalue weighted by Gasteiger charge is -2.16. The molecule has 2 nitrogen and oxygen atoms in total. The number of hydrogen-bond donors (Lipinski definition) is 1. The highest BCUT2D eigenvalue weighted by Crippen LogP contribution is 2.28. The van der Waals surface area contributed by atoms with Crippen LogP contribution in [0.4, 0.5) is 10.5 Å². The van der Waals surface area contributed by atoms with Crippen molar-refractivity contribution < 1.29 is 4.79 Å². The van der Waals surface area contributed by atoms with Crippen LogP contribution in [0, 0.1) is 0 Å². The summed E-state index contributed by atoms with van der Waals surface area (Å²) in [5.74, 6) is 0. The van der Waals surface area contributed by atoms with Gasteiger partial charge in [0.2, 0.25) is 0 Å². The number of amides is 1. The Morgan fingerprint density at radius 3 is 2.38 bits per heavy atom. The Balaban J connectivity index is 2.67. The Hall–Kier alpha value is -0.380. The molecule has 1 aromatic carbocycles. The second kappa shape index (κ2) is 5.30. The summed E-state index contributed by atoms with van der Waals surface area (Å²) in [6.07, 6.45) is 0. The number of nitrogens with one attached hydrogen (secondary N) is 1. The van der Waals surface area contributed by atoms with Crippen molar-refractivity contribution in [2.75, 3.05) is 5.32 Å². The Labute approximate surface area is 110 Å². The molecule has 0 bridgehead atoms. The summed E-state index contributed by atoms with van der Waals surface area (Å²) in [5, 5.41) is 3.55. The maximum atomic E-state index is 11.6. The molecule has 0 aromatic heterocycles. The fraction of sp³-hybridized carbons (Fsp3) is 0.364. The van der Waals surface area contributed by atoms with E-state index in [-0.39, 0.29) is 9.99 Å². The molecule has 0 aliphatic carbocycles. The Morgan fingerprint density at radius 1 is 1.25 bits per heavy atom. The van der Waals surface area contributed by atoms with E-state index >= 15 is 0 Å². The molecule has 0 aliphatic heterocycles. The molecule has 0 saturated carbocycles. The molecule has 1 rings (SSSR count). The fourth-order valence-electron chi connectivity index (χ4n) is 0.995. The lowest BCUT2D eigenvalue weighted by Crippen LogP contribution is -2.16. The van der Waals surface area contributed by atoms with Crippen LogP contribution in [-0.2, 0) is 0 Å². The molecular formula is C11H13Cl2NOS. The average molecular weight is 278 g/mol. The molecule has 88 valence electrons. The zero-order chi connectivity index (χ0) is 12.3. The van der Waals surface area contributed by atoms with Crippen LogP contribution >= 0.6 is 35.0 Å². The van der Waals surface area contributed by atoms with E-state index in [4.69, 9.17) is 23.2 Å². The first-order chi connectivity index (χ1) is 7.28. The molecule has 0 aliphatic rings. The van der Waals surface area contributed by atoms with Gasteiger partial charge in [-0.15, -0.1) is 0 Å². The zero-order valence-corrected chi connectivity index (χ0v) is 11.6. The van der Waals surface area contributed by atoms with Crippen LogP contribution in [0.3, 0.4) is 0 Å². The van der Waals surface area contributed by atoms with Crippen molar-refractivity contribution in [2.24, 2.45) is 0 Å². The van der Waals surface area contributed by atoms with Gasteiger partial charge in [0, 0.05) is 10.4 Å². The van der Waals surface area contributed by atoms with Crippen molar-refractivity contribution in [1.82, 2.24) is 0 Å². The molecule has 0 radical (unpaired) electrons. The minimum atomic E-state index is -0.111. The van der Waals surface area contributed by atoms with Gasteiger partial charge < -0.3 is 5.32 Å². The minimum absolute atomic E-state index is 0.106. The second-order valence-electron chi connectivity index (χ2n) is 4.26. The van der Waals surface area contributed by atoms with E-state index in [1.807, 2.05) is 20.8 Å². The van der Waals surface area contributed by atoms with Gasteiger partial charge in [-0.25, -0.2) is 0 Å². The smallest absolute Gasteiger partial charge is 0.283 e. The zero-order valence-electron chi connectivity index (χ0n) is 9.30. The number of rotatable bonds is 1. The van der Waals surface area contributed by atoms with Crippen LogP contribution in [0.15, 0.2) is 18.2 Å². The summed E-state index contributed by atoms with van der Waals surface area (Å²) in [7, 11) is 0. The van der Waals surface area contributed by atoms with Gasteiger partial charge in [0.25, 0.3) is 5.24 Å². The van der Waals surface area contributed by atoms with Crippen molar-refractivity contribution in [3.05, 3.63) is 28.2 Å². The quantitative estimate of drug-likeness (QED) is 0.778. The number of thioether (sulfide) groups is 1. The van der Waals surface area contributed by atoms with E-state index in [0.717, 1.165) is 0 Å². The minimum Gasteiger partial charge on any atom is -0.317 e. The number of anilines is 1. The third-order valence-electron chi connectivity index (χ3n) is 1.56. The van der Waals surface area contributed by atoms with Crippen LogP contribution < -0.4 is 5.32 Å². The summed E-state index contributed by atoms with van der Waals surface area (Å²) >= 11 is 12.8. The second-order valence-corrected chi connectivity index (χ2v) is 6.87. The van der Waals surface area contributed by atoms with E-state index in [9.17, 15) is 4.79 Å². The standard InChI is InChI=1S/C11H13Cl2NOS/c1-11(2,3)16-10(15)14-7-4-5-8(12)9(13)6-7/h4-6H,1-3H3,(H,14,15). The van der Waals surface area contributed by atoms with Gasteiger partial charge in [-0.2, -0.15) is 0 Å².